The third-order valence-corrected chi connectivity index (χ3v) is 4.28. The van der Waals surface area contributed by atoms with Crippen LogP contribution in [0.2, 0.25) is 0 Å². The number of nitrogens with zero attached hydrogens (tertiary/aromatic N) is 3. The summed E-state index contributed by atoms with van der Waals surface area (Å²) in [7, 11) is 0. The molecular weight excluding hydrogens is 314 g/mol. The predicted octanol–water partition coefficient (Wildman–Crippen LogP) is 3.82. The number of aliphatic hydroxyl groups is 1. The van der Waals surface area contributed by atoms with Crippen molar-refractivity contribution in [1.82, 2.24) is 10.2 Å². The number of benzene rings is 2. The van der Waals surface area contributed by atoms with Gasteiger partial charge in [-0.25, -0.2) is 0 Å². The summed E-state index contributed by atoms with van der Waals surface area (Å²) in [6, 6.07) is 18.0. The second kappa shape index (κ2) is 7.94. The molecule has 1 N–H and O–H groups in total. The van der Waals surface area contributed by atoms with Crippen molar-refractivity contribution in [1.29, 1.82) is 0 Å². The molecule has 3 rings (SSSR count). The molecule has 1 heterocycles. The van der Waals surface area contributed by atoms with E-state index in [-0.39, 0.29) is 12.6 Å². The van der Waals surface area contributed by atoms with Gasteiger partial charge in [-0.2, -0.15) is 0 Å². The van der Waals surface area contributed by atoms with Crippen LogP contribution >= 0.6 is 0 Å². The summed E-state index contributed by atoms with van der Waals surface area (Å²) in [5, 5.41) is 18.1. The molecule has 0 spiro atoms. The van der Waals surface area contributed by atoms with Gasteiger partial charge >= 0.3 is 0 Å². The first kappa shape index (κ1) is 17.2. The van der Waals surface area contributed by atoms with Gasteiger partial charge in [-0.05, 0) is 37.6 Å². The highest BCUT2D eigenvalue weighted by atomic mass is 16.4. The molecule has 5 heteroatoms. The molecular formula is C20H23N3O2. The van der Waals surface area contributed by atoms with Crippen molar-refractivity contribution < 1.29 is 9.52 Å². The molecule has 0 bridgehead atoms. The summed E-state index contributed by atoms with van der Waals surface area (Å²) in [5.41, 5.74) is 3.12. The molecule has 25 heavy (non-hydrogen) atoms. The van der Waals surface area contributed by atoms with E-state index in [0.29, 0.717) is 18.3 Å². The van der Waals surface area contributed by atoms with Crippen molar-refractivity contribution in [2.45, 2.75) is 32.9 Å². The molecule has 130 valence electrons. The van der Waals surface area contributed by atoms with Crippen molar-refractivity contribution >= 4 is 5.69 Å². The van der Waals surface area contributed by atoms with Gasteiger partial charge in [-0.3, -0.25) is 0 Å². The fourth-order valence-electron chi connectivity index (χ4n) is 2.77. The number of anilines is 1. The fourth-order valence-corrected chi connectivity index (χ4v) is 2.77. The molecule has 1 aromatic heterocycles. The van der Waals surface area contributed by atoms with Crippen LogP contribution in [0.5, 0.6) is 0 Å². The normalized spacial score (nSPS) is 12.1. The minimum absolute atomic E-state index is 0.00266. The summed E-state index contributed by atoms with van der Waals surface area (Å²) in [5.74, 6) is 1.05. The van der Waals surface area contributed by atoms with Crippen LogP contribution in [0, 0.1) is 6.92 Å². The number of aromatic nitrogens is 2. The Bertz CT molecular complexity index is 780. The van der Waals surface area contributed by atoms with Gasteiger partial charge in [0.05, 0.1) is 19.2 Å². The van der Waals surface area contributed by atoms with Crippen molar-refractivity contribution in [2.24, 2.45) is 0 Å². The van der Waals surface area contributed by atoms with Crippen LogP contribution in [0.25, 0.3) is 11.5 Å². The van der Waals surface area contributed by atoms with Gasteiger partial charge in [0.25, 0.3) is 0 Å². The number of hydrogen-bond acceptors (Lipinski definition) is 5. The molecule has 1 unspecified atom stereocenters. The second-order valence-electron chi connectivity index (χ2n) is 6.08. The number of aryl methyl sites for hydroxylation is 1. The standard InChI is InChI=1S/C20H23N3O2/c1-3-17(14-24)23(18-7-5-4-6-8-18)13-19-21-22-20(25-19)16-11-9-15(2)10-12-16/h4-12,17,24H,3,13-14H2,1-2H3. The van der Waals surface area contributed by atoms with E-state index in [0.717, 1.165) is 17.7 Å². The fraction of sp³-hybridized carbons (Fsp3) is 0.300. The quantitative estimate of drug-likeness (QED) is 0.710. The monoisotopic (exact) mass is 337 g/mol. The first-order valence-corrected chi connectivity index (χ1v) is 8.53. The molecule has 5 nitrogen and oxygen atoms in total. The first-order chi connectivity index (χ1) is 12.2. The average molecular weight is 337 g/mol. The Balaban J connectivity index is 1.84. The predicted molar refractivity (Wildman–Crippen MR) is 98.3 cm³/mol. The van der Waals surface area contributed by atoms with Crippen molar-refractivity contribution in [2.75, 3.05) is 11.5 Å². The van der Waals surface area contributed by atoms with Crippen LogP contribution in [0.1, 0.15) is 24.8 Å². The highest BCUT2D eigenvalue weighted by Gasteiger charge is 2.20. The second-order valence-corrected chi connectivity index (χ2v) is 6.08. The van der Waals surface area contributed by atoms with Crippen LogP contribution in [0.3, 0.4) is 0 Å². The molecule has 2 aromatic carbocycles. The Kier molecular flexibility index (Phi) is 5.46. The van der Waals surface area contributed by atoms with E-state index in [4.69, 9.17) is 4.42 Å². The molecule has 0 aliphatic rings. The van der Waals surface area contributed by atoms with Gasteiger partial charge in [0.2, 0.25) is 11.8 Å². The molecule has 0 radical (unpaired) electrons. The van der Waals surface area contributed by atoms with Gasteiger partial charge < -0.3 is 14.4 Å². The van der Waals surface area contributed by atoms with E-state index in [1.54, 1.807) is 0 Å². The molecule has 3 aromatic rings. The lowest BCUT2D eigenvalue weighted by Gasteiger charge is -2.30. The summed E-state index contributed by atoms with van der Waals surface area (Å²) < 4.78 is 5.86. The number of para-hydroxylation sites is 1. The molecule has 0 saturated heterocycles. The zero-order valence-electron chi connectivity index (χ0n) is 14.6. The van der Waals surface area contributed by atoms with Gasteiger partial charge in [-0.15, -0.1) is 10.2 Å². The first-order valence-electron chi connectivity index (χ1n) is 8.53. The summed E-state index contributed by atoms with van der Waals surface area (Å²) in [4.78, 5) is 2.10. The maximum Gasteiger partial charge on any atom is 0.247 e. The SMILES string of the molecule is CCC(CO)N(Cc1nnc(-c2ccc(C)cc2)o1)c1ccccc1. The summed E-state index contributed by atoms with van der Waals surface area (Å²) in [6.07, 6.45) is 0.824. The molecule has 0 saturated carbocycles. The van der Waals surface area contributed by atoms with E-state index < -0.39 is 0 Å². The molecule has 0 fully saturated rings. The van der Waals surface area contributed by atoms with Gasteiger partial charge in [0, 0.05) is 11.3 Å². The zero-order valence-corrected chi connectivity index (χ0v) is 14.6. The topological polar surface area (TPSA) is 62.4 Å². The van der Waals surface area contributed by atoms with Crippen LogP contribution in [-0.2, 0) is 6.54 Å². The minimum atomic E-state index is -0.00266. The van der Waals surface area contributed by atoms with Gasteiger partial charge in [-0.1, -0.05) is 42.8 Å². The Morgan fingerprint density at radius 2 is 1.76 bits per heavy atom. The lowest BCUT2D eigenvalue weighted by Crippen LogP contribution is -2.37. The molecule has 0 aliphatic carbocycles. The Morgan fingerprint density at radius 3 is 2.40 bits per heavy atom. The van der Waals surface area contributed by atoms with Gasteiger partial charge in [0.1, 0.15) is 0 Å². The Morgan fingerprint density at radius 1 is 1.04 bits per heavy atom. The number of hydrogen-bond donors (Lipinski definition) is 1. The maximum absolute atomic E-state index is 9.74. The summed E-state index contributed by atoms with van der Waals surface area (Å²) in [6.45, 7) is 4.63. The highest BCUT2D eigenvalue weighted by Crippen LogP contribution is 2.23. The molecule has 0 aliphatic heterocycles. The van der Waals surface area contributed by atoms with E-state index in [9.17, 15) is 5.11 Å². The van der Waals surface area contributed by atoms with Crippen molar-refractivity contribution in [3.8, 4) is 11.5 Å². The lowest BCUT2D eigenvalue weighted by atomic mass is 10.1. The minimum Gasteiger partial charge on any atom is -0.419 e. The number of aliphatic hydroxyl groups excluding tert-OH is 1. The Labute approximate surface area is 147 Å². The van der Waals surface area contributed by atoms with E-state index >= 15 is 0 Å². The number of rotatable bonds is 7. The van der Waals surface area contributed by atoms with Crippen molar-refractivity contribution in [3.63, 3.8) is 0 Å². The smallest absolute Gasteiger partial charge is 0.247 e. The zero-order chi connectivity index (χ0) is 17.6. The van der Waals surface area contributed by atoms with Crippen LogP contribution < -0.4 is 4.90 Å². The van der Waals surface area contributed by atoms with E-state index in [1.807, 2.05) is 61.5 Å². The van der Waals surface area contributed by atoms with Crippen LogP contribution in [-0.4, -0.2) is 28.0 Å². The van der Waals surface area contributed by atoms with E-state index in [2.05, 4.69) is 22.0 Å². The van der Waals surface area contributed by atoms with Crippen molar-refractivity contribution in [3.05, 3.63) is 66.1 Å². The molecule has 1 atom stereocenters. The third kappa shape index (κ3) is 4.06. The third-order valence-electron chi connectivity index (χ3n) is 4.28. The molecule has 0 amide bonds. The van der Waals surface area contributed by atoms with Crippen LogP contribution in [0.15, 0.2) is 59.0 Å². The van der Waals surface area contributed by atoms with Gasteiger partial charge in [0.15, 0.2) is 0 Å². The maximum atomic E-state index is 9.74. The van der Waals surface area contributed by atoms with Crippen LogP contribution in [0.4, 0.5) is 5.69 Å². The Hall–Kier alpha value is -2.66. The lowest BCUT2D eigenvalue weighted by molar-refractivity contribution is 0.253. The van der Waals surface area contributed by atoms with E-state index in [1.165, 1.54) is 5.56 Å². The highest BCUT2D eigenvalue weighted by molar-refractivity contribution is 5.53. The largest absolute Gasteiger partial charge is 0.419 e. The summed E-state index contributed by atoms with van der Waals surface area (Å²) >= 11 is 0. The average Bonchev–Trinajstić information content (AvgIpc) is 3.12.